The Morgan fingerprint density at radius 1 is 1.17 bits per heavy atom. The minimum atomic E-state index is 0.745. The van der Waals surface area contributed by atoms with Crippen molar-refractivity contribution in [3.63, 3.8) is 0 Å². The third-order valence-corrected chi connectivity index (χ3v) is 3.56. The number of nitrogens with one attached hydrogen (secondary N) is 1. The second kappa shape index (κ2) is 4.28. The molecule has 1 aromatic carbocycles. The van der Waals surface area contributed by atoms with E-state index in [9.17, 15) is 0 Å². The van der Waals surface area contributed by atoms with Gasteiger partial charge in [0.2, 0.25) is 0 Å². The summed E-state index contributed by atoms with van der Waals surface area (Å²) < 4.78 is 5.84. The highest BCUT2D eigenvalue weighted by Gasteiger charge is 2.20. The number of benzene rings is 1. The predicted octanol–water partition coefficient (Wildman–Crippen LogP) is 2.16. The van der Waals surface area contributed by atoms with Crippen LogP contribution in [0.25, 0.3) is 11.1 Å². The van der Waals surface area contributed by atoms with E-state index in [0.29, 0.717) is 0 Å². The minimum Gasteiger partial charge on any atom is -0.439 e. The Balaban J connectivity index is 2.20. The summed E-state index contributed by atoms with van der Waals surface area (Å²) in [5.41, 5.74) is 5.65. The minimum absolute atomic E-state index is 0.745. The molecule has 1 saturated heterocycles. The number of anilines is 1. The summed E-state index contributed by atoms with van der Waals surface area (Å²) in [6.07, 6.45) is 0. The normalized spacial score (nSPS) is 16.5. The molecule has 3 rings (SSSR count). The smallest absolute Gasteiger partial charge is 0.192 e. The van der Waals surface area contributed by atoms with Crippen molar-refractivity contribution in [3.05, 3.63) is 23.1 Å². The summed E-state index contributed by atoms with van der Waals surface area (Å²) in [4.78, 5) is 6.90. The lowest BCUT2D eigenvalue weighted by Gasteiger charge is -2.30. The van der Waals surface area contributed by atoms with Crippen LogP contribution in [0.5, 0.6) is 0 Å². The molecule has 0 unspecified atom stereocenters. The monoisotopic (exact) mass is 245 g/mol. The van der Waals surface area contributed by atoms with Crippen LogP contribution in [0.1, 0.15) is 17.0 Å². The van der Waals surface area contributed by atoms with Crippen molar-refractivity contribution in [3.8, 4) is 0 Å². The Kier molecular flexibility index (Phi) is 2.74. The molecule has 0 amide bonds. The zero-order valence-electron chi connectivity index (χ0n) is 11.2. The third-order valence-electron chi connectivity index (χ3n) is 3.56. The molecule has 4 heteroatoms. The van der Waals surface area contributed by atoms with Gasteiger partial charge in [-0.25, -0.2) is 4.98 Å². The first-order valence-corrected chi connectivity index (χ1v) is 6.50. The summed E-state index contributed by atoms with van der Waals surface area (Å²) in [6.45, 7) is 10.3. The van der Waals surface area contributed by atoms with Crippen LogP contribution >= 0.6 is 0 Å². The van der Waals surface area contributed by atoms with Crippen LogP contribution in [-0.2, 0) is 0 Å². The zero-order valence-corrected chi connectivity index (χ0v) is 11.2. The molecule has 1 fully saturated rings. The van der Waals surface area contributed by atoms with Gasteiger partial charge in [-0.2, -0.15) is 0 Å². The highest BCUT2D eigenvalue weighted by molar-refractivity contribution is 5.91. The molecule has 0 spiro atoms. The molecular weight excluding hydrogens is 226 g/mol. The topological polar surface area (TPSA) is 41.3 Å². The predicted molar refractivity (Wildman–Crippen MR) is 73.3 cm³/mol. The molecule has 4 nitrogen and oxygen atoms in total. The number of oxazole rings is 1. The van der Waals surface area contributed by atoms with E-state index >= 15 is 0 Å². The Labute approximate surface area is 107 Å². The second-order valence-electron chi connectivity index (χ2n) is 5.01. The summed E-state index contributed by atoms with van der Waals surface area (Å²) in [7, 11) is 0. The number of piperazine rings is 1. The SMILES string of the molecule is Cc1nc2c(C)cc(C)c(N3CCNCC3)c2o1. The molecule has 2 aromatic rings. The fourth-order valence-corrected chi connectivity index (χ4v) is 2.78. The van der Waals surface area contributed by atoms with Crippen molar-refractivity contribution in [2.45, 2.75) is 20.8 Å². The first-order chi connectivity index (χ1) is 8.66. The lowest BCUT2D eigenvalue weighted by atomic mass is 10.1. The molecule has 1 aromatic heterocycles. The van der Waals surface area contributed by atoms with Crippen molar-refractivity contribution >= 4 is 16.8 Å². The average molecular weight is 245 g/mol. The summed E-state index contributed by atoms with van der Waals surface area (Å²) >= 11 is 0. The standard InChI is InChI=1S/C14H19N3O/c1-9-8-10(2)13(17-6-4-15-5-7-17)14-12(9)16-11(3)18-14/h8,15H,4-7H2,1-3H3. The highest BCUT2D eigenvalue weighted by Crippen LogP contribution is 2.33. The largest absolute Gasteiger partial charge is 0.439 e. The van der Waals surface area contributed by atoms with E-state index in [0.717, 1.165) is 43.2 Å². The first-order valence-electron chi connectivity index (χ1n) is 6.50. The van der Waals surface area contributed by atoms with Crippen molar-refractivity contribution in [2.75, 3.05) is 31.1 Å². The van der Waals surface area contributed by atoms with Gasteiger partial charge >= 0.3 is 0 Å². The van der Waals surface area contributed by atoms with Gasteiger partial charge in [-0.15, -0.1) is 0 Å². The molecule has 1 N–H and O–H groups in total. The molecule has 1 aliphatic heterocycles. The summed E-state index contributed by atoms with van der Waals surface area (Å²) in [5.74, 6) is 0.745. The highest BCUT2D eigenvalue weighted by atomic mass is 16.3. The van der Waals surface area contributed by atoms with Crippen LogP contribution in [0.3, 0.4) is 0 Å². The molecule has 0 saturated carbocycles. The number of hydrogen-bond donors (Lipinski definition) is 1. The molecule has 96 valence electrons. The molecule has 0 radical (unpaired) electrons. The maximum absolute atomic E-state index is 5.84. The number of rotatable bonds is 1. The van der Waals surface area contributed by atoms with Crippen molar-refractivity contribution in [1.82, 2.24) is 10.3 Å². The van der Waals surface area contributed by atoms with Gasteiger partial charge in [0.1, 0.15) is 5.52 Å². The zero-order chi connectivity index (χ0) is 12.7. The number of nitrogens with zero attached hydrogens (tertiary/aromatic N) is 2. The molecule has 2 heterocycles. The van der Waals surface area contributed by atoms with Gasteiger partial charge in [-0.1, -0.05) is 6.07 Å². The van der Waals surface area contributed by atoms with E-state index in [4.69, 9.17) is 4.42 Å². The van der Waals surface area contributed by atoms with Gasteiger partial charge in [0, 0.05) is 33.1 Å². The molecule has 1 aliphatic rings. The number of aryl methyl sites for hydroxylation is 3. The third kappa shape index (κ3) is 1.77. The Morgan fingerprint density at radius 3 is 2.61 bits per heavy atom. The maximum atomic E-state index is 5.84. The molecule has 18 heavy (non-hydrogen) atoms. The quantitative estimate of drug-likeness (QED) is 0.836. The van der Waals surface area contributed by atoms with Gasteiger partial charge in [-0.3, -0.25) is 0 Å². The van der Waals surface area contributed by atoms with Crippen molar-refractivity contribution < 1.29 is 4.42 Å². The van der Waals surface area contributed by atoms with Gasteiger partial charge in [0.05, 0.1) is 5.69 Å². The van der Waals surface area contributed by atoms with Gasteiger partial charge in [0.25, 0.3) is 0 Å². The fraction of sp³-hybridized carbons (Fsp3) is 0.500. The van der Waals surface area contributed by atoms with Gasteiger partial charge < -0.3 is 14.6 Å². The maximum Gasteiger partial charge on any atom is 0.192 e. The number of hydrogen-bond acceptors (Lipinski definition) is 4. The Bertz CT molecular complexity index is 582. The van der Waals surface area contributed by atoms with Crippen molar-refractivity contribution in [2.24, 2.45) is 0 Å². The van der Waals surface area contributed by atoms with E-state index in [1.54, 1.807) is 0 Å². The van der Waals surface area contributed by atoms with E-state index in [-0.39, 0.29) is 0 Å². The van der Waals surface area contributed by atoms with Crippen LogP contribution in [0.2, 0.25) is 0 Å². The number of aromatic nitrogens is 1. The van der Waals surface area contributed by atoms with E-state index in [1.165, 1.54) is 16.8 Å². The molecule has 0 atom stereocenters. The van der Waals surface area contributed by atoms with E-state index in [1.807, 2.05) is 6.92 Å². The fourth-order valence-electron chi connectivity index (χ4n) is 2.78. The van der Waals surface area contributed by atoms with Gasteiger partial charge in [0.15, 0.2) is 11.5 Å². The van der Waals surface area contributed by atoms with Crippen LogP contribution in [0.4, 0.5) is 5.69 Å². The summed E-state index contributed by atoms with van der Waals surface area (Å²) in [6, 6.07) is 2.21. The molecule has 0 aliphatic carbocycles. The summed E-state index contributed by atoms with van der Waals surface area (Å²) in [5, 5.41) is 3.38. The molecular formula is C14H19N3O. The molecule has 0 bridgehead atoms. The lowest BCUT2D eigenvalue weighted by Crippen LogP contribution is -2.43. The Hall–Kier alpha value is -1.55. The van der Waals surface area contributed by atoms with Gasteiger partial charge in [-0.05, 0) is 25.0 Å². The van der Waals surface area contributed by atoms with E-state index in [2.05, 4.69) is 35.1 Å². The Morgan fingerprint density at radius 2 is 1.89 bits per heavy atom. The van der Waals surface area contributed by atoms with Crippen LogP contribution in [-0.4, -0.2) is 31.2 Å². The second-order valence-corrected chi connectivity index (χ2v) is 5.01. The number of fused-ring (bicyclic) bond motifs is 1. The van der Waals surface area contributed by atoms with Crippen LogP contribution in [0.15, 0.2) is 10.5 Å². The lowest BCUT2D eigenvalue weighted by molar-refractivity contribution is 0.552. The first kappa shape index (κ1) is 11.5. The van der Waals surface area contributed by atoms with E-state index < -0.39 is 0 Å². The average Bonchev–Trinajstić information content (AvgIpc) is 2.72. The van der Waals surface area contributed by atoms with Crippen LogP contribution in [0, 0.1) is 20.8 Å². The van der Waals surface area contributed by atoms with Crippen LogP contribution < -0.4 is 10.2 Å². The van der Waals surface area contributed by atoms with Crippen molar-refractivity contribution in [1.29, 1.82) is 0 Å².